The number of carbonyl (C=O) groups is 1. The highest BCUT2D eigenvalue weighted by atomic mass is 35.5. The largest absolute Gasteiger partial charge is 0.383 e. The minimum Gasteiger partial charge on any atom is -0.383 e. The van der Waals surface area contributed by atoms with Crippen molar-refractivity contribution in [2.75, 3.05) is 65.5 Å². The van der Waals surface area contributed by atoms with E-state index in [1.54, 1.807) is 20.3 Å². The van der Waals surface area contributed by atoms with Crippen molar-refractivity contribution in [3.05, 3.63) is 63.6 Å². The average Bonchev–Trinajstić information content (AvgIpc) is 2.89. The van der Waals surface area contributed by atoms with Crippen molar-refractivity contribution in [3.8, 4) is 0 Å². The second kappa shape index (κ2) is 11.8. The van der Waals surface area contributed by atoms with Crippen LogP contribution in [0.15, 0.2) is 42.5 Å². The van der Waals surface area contributed by atoms with Crippen LogP contribution in [0.5, 0.6) is 0 Å². The summed E-state index contributed by atoms with van der Waals surface area (Å²) in [5.41, 5.74) is 2.65. The van der Waals surface area contributed by atoms with Gasteiger partial charge in [-0.05, 0) is 35.4 Å². The fourth-order valence-electron chi connectivity index (χ4n) is 3.85. The average molecular weight is 466 g/mol. The number of halogens is 2. The Morgan fingerprint density at radius 3 is 2.42 bits per heavy atom. The van der Waals surface area contributed by atoms with Crippen molar-refractivity contribution in [2.45, 2.75) is 6.04 Å². The summed E-state index contributed by atoms with van der Waals surface area (Å²) in [4.78, 5) is 17.2. The van der Waals surface area contributed by atoms with Gasteiger partial charge >= 0.3 is 0 Å². The molecule has 8 heteroatoms. The topological polar surface area (TPSA) is 54.0 Å². The van der Waals surface area contributed by atoms with Crippen LogP contribution >= 0.6 is 23.2 Å². The lowest BCUT2D eigenvalue weighted by Crippen LogP contribution is -2.41. The van der Waals surface area contributed by atoms with Gasteiger partial charge in [0, 0.05) is 56.1 Å². The molecule has 2 aromatic carbocycles. The molecule has 1 amide bonds. The number of nitrogens with zero attached hydrogens (tertiary/aromatic N) is 2. The molecule has 168 valence electrons. The molecule has 0 aromatic heterocycles. The molecule has 1 unspecified atom stereocenters. The molecule has 1 heterocycles. The molecular weight excluding hydrogens is 437 g/mol. The van der Waals surface area contributed by atoms with Gasteiger partial charge in [0.1, 0.15) is 0 Å². The summed E-state index contributed by atoms with van der Waals surface area (Å²) >= 11 is 13.0. The number of anilines is 1. The first-order chi connectivity index (χ1) is 15.0. The summed E-state index contributed by atoms with van der Waals surface area (Å²) in [5.74, 6) is -0.0570. The first-order valence-corrected chi connectivity index (χ1v) is 11.1. The molecule has 0 aliphatic carbocycles. The summed E-state index contributed by atoms with van der Waals surface area (Å²) in [6.07, 6.45) is 0. The predicted molar refractivity (Wildman–Crippen MR) is 125 cm³/mol. The lowest BCUT2D eigenvalue weighted by Gasteiger charge is -2.33. The Kier molecular flexibility index (Phi) is 9.14. The third kappa shape index (κ3) is 6.42. The van der Waals surface area contributed by atoms with Crippen LogP contribution in [0, 0.1) is 0 Å². The van der Waals surface area contributed by atoms with Crippen molar-refractivity contribution in [1.82, 2.24) is 9.80 Å². The van der Waals surface area contributed by atoms with E-state index in [1.807, 2.05) is 36.4 Å². The predicted octanol–water partition coefficient (Wildman–Crippen LogP) is 3.93. The van der Waals surface area contributed by atoms with Crippen LogP contribution < -0.4 is 5.32 Å². The number of rotatable bonds is 10. The van der Waals surface area contributed by atoms with Crippen LogP contribution in [0.4, 0.5) is 5.69 Å². The summed E-state index contributed by atoms with van der Waals surface area (Å²) in [6, 6.07) is 13.1. The van der Waals surface area contributed by atoms with Gasteiger partial charge in [-0.15, -0.1) is 0 Å². The number of methoxy groups -OCH3 is 2. The first-order valence-electron chi connectivity index (χ1n) is 10.3. The fourth-order valence-corrected chi connectivity index (χ4v) is 4.27. The Labute approximate surface area is 194 Å². The number of hydrogen-bond donors (Lipinski definition) is 1. The van der Waals surface area contributed by atoms with Crippen molar-refractivity contribution in [2.24, 2.45) is 0 Å². The molecule has 1 aliphatic rings. The zero-order valence-corrected chi connectivity index (χ0v) is 19.5. The van der Waals surface area contributed by atoms with Gasteiger partial charge in [0.2, 0.25) is 5.91 Å². The van der Waals surface area contributed by atoms with E-state index >= 15 is 0 Å². The summed E-state index contributed by atoms with van der Waals surface area (Å²) < 4.78 is 10.5. The van der Waals surface area contributed by atoms with Gasteiger partial charge in [0.25, 0.3) is 0 Å². The second-order valence-electron chi connectivity index (χ2n) is 7.50. The number of ether oxygens (including phenoxy) is 2. The lowest BCUT2D eigenvalue weighted by molar-refractivity contribution is -0.117. The van der Waals surface area contributed by atoms with E-state index in [4.69, 9.17) is 32.7 Å². The Morgan fingerprint density at radius 2 is 1.74 bits per heavy atom. The highest BCUT2D eigenvalue weighted by Gasteiger charge is 2.31. The van der Waals surface area contributed by atoms with Crippen molar-refractivity contribution in [3.63, 3.8) is 0 Å². The van der Waals surface area contributed by atoms with Crippen LogP contribution in [0.2, 0.25) is 10.0 Å². The second-order valence-corrected chi connectivity index (χ2v) is 8.35. The van der Waals surface area contributed by atoms with Gasteiger partial charge in [-0.25, -0.2) is 0 Å². The molecule has 0 saturated carbocycles. The Bertz CT molecular complexity index is 873. The fraction of sp³-hybridized carbons (Fsp3) is 0.435. The normalized spacial score (nSPS) is 16.8. The number of carbonyl (C=O) groups excluding carboxylic acids is 1. The maximum Gasteiger partial charge on any atom is 0.238 e. The number of amides is 1. The number of fused-ring (bicyclic) bond motifs is 1. The zero-order chi connectivity index (χ0) is 22.2. The molecular formula is C23H29Cl2N3O3. The van der Waals surface area contributed by atoms with E-state index in [0.717, 1.165) is 36.4 Å². The van der Waals surface area contributed by atoms with Crippen molar-refractivity contribution in [1.29, 1.82) is 0 Å². The SMILES string of the molecule is COCCN(CCOC)CCN1CC(=O)Nc2ccc(Cl)cc2C1c1ccccc1Cl. The van der Waals surface area contributed by atoms with Crippen molar-refractivity contribution < 1.29 is 14.3 Å². The molecule has 0 fully saturated rings. The molecule has 0 radical (unpaired) electrons. The third-order valence-electron chi connectivity index (χ3n) is 5.42. The molecule has 0 saturated heterocycles. The summed E-state index contributed by atoms with van der Waals surface area (Å²) in [5, 5.41) is 4.30. The quantitative estimate of drug-likeness (QED) is 0.575. The molecule has 31 heavy (non-hydrogen) atoms. The highest BCUT2D eigenvalue weighted by molar-refractivity contribution is 6.31. The maximum atomic E-state index is 12.7. The Hall–Kier alpha value is -1.67. The van der Waals surface area contributed by atoms with E-state index in [1.165, 1.54) is 0 Å². The minimum atomic E-state index is -0.201. The van der Waals surface area contributed by atoms with Crippen LogP contribution in [0.1, 0.15) is 17.2 Å². The van der Waals surface area contributed by atoms with E-state index in [9.17, 15) is 4.79 Å². The molecule has 1 aliphatic heterocycles. The van der Waals surface area contributed by atoms with E-state index in [2.05, 4.69) is 15.1 Å². The lowest BCUT2D eigenvalue weighted by atomic mass is 9.95. The Morgan fingerprint density at radius 1 is 1.03 bits per heavy atom. The molecule has 0 spiro atoms. The van der Waals surface area contributed by atoms with Gasteiger partial charge in [-0.3, -0.25) is 14.6 Å². The molecule has 2 aromatic rings. The van der Waals surface area contributed by atoms with E-state index < -0.39 is 0 Å². The van der Waals surface area contributed by atoms with Crippen LogP contribution in [0.25, 0.3) is 0 Å². The first kappa shape index (κ1) is 24.0. The molecule has 0 bridgehead atoms. The standard InChI is InChI=1S/C23H29Cl2N3O3/c1-30-13-11-27(12-14-31-2)9-10-28-16-22(29)26-21-8-7-17(24)15-19(21)23(28)18-5-3-4-6-20(18)25/h3-8,15,23H,9-14,16H2,1-2H3,(H,26,29). The van der Waals surface area contributed by atoms with Crippen LogP contribution in [-0.2, 0) is 14.3 Å². The number of benzene rings is 2. The molecule has 3 rings (SSSR count). The van der Waals surface area contributed by atoms with Gasteiger partial charge in [0.05, 0.1) is 25.8 Å². The summed E-state index contributed by atoms with van der Waals surface area (Å²) in [6.45, 7) is 4.54. The maximum absolute atomic E-state index is 12.7. The van der Waals surface area contributed by atoms with Crippen molar-refractivity contribution >= 4 is 34.8 Å². The monoisotopic (exact) mass is 465 g/mol. The van der Waals surface area contributed by atoms with E-state index in [-0.39, 0.29) is 18.5 Å². The highest BCUT2D eigenvalue weighted by Crippen LogP contribution is 2.39. The van der Waals surface area contributed by atoms with Crippen LogP contribution in [0.3, 0.4) is 0 Å². The van der Waals surface area contributed by atoms with E-state index in [0.29, 0.717) is 29.8 Å². The zero-order valence-electron chi connectivity index (χ0n) is 17.9. The molecule has 1 atom stereocenters. The summed E-state index contributed by atoms with van der Waals surface area (Å²) in [7, 11) is 3.39. The van der Waals surface area contributed by atoms with Gasteiger partial charge < -0.3 is 14.8 Å². The van der Waals surface area contributed by atoms with Gasteiger partial charge in [0.15, 0.2) is 0 Å². The van der Waals surface area contributed by atoms with Crippen LogP contribution in [-0.4, -0.2) is 75.9 Å². The third-order valence-corrected chi connectivity index (χ3v) is 6.00. The Balaban J connectivity index is 1.93. The smallest absolute Gasteiger partial charge is 0.238 e. The van der Waals surface area contributed by atoms with Gasteiger partial charge in [-0.1, -0.05) is 41.4 Å². The minimum absolute atomic E-state index is 0.0570. The van der Waals surface area contributed by atoms with Gasteiger partial charge in [-0.2, -0.15) is 0 Å². The number of hydrogen-bond acceptors (Lipinski definition) is 5. The molecule has 6 nitrogen and oxygen atoms in total. The molecule has 1 N–H and O–H groups in total. The number of nitrogens with one attached hydrogen (secondary N) is 1.